The van der Waals surface area contributed by atoms with Crippen LogP contribution in [0.1, 0.15) is 15.9 Å². The zero-order valence-electron chi connectivity index (χ0n) is 11.0. The van der Waals surface area contributed by atoms with Crippen LogP contribution in [-0.2, 0) is 13.6 Å². The van der Waals surface area contributed by atoms with Gasteiger partial charge in [0.2, 0.25) is 0 Å². The highest BCUT2D eigenvalue weighted by Crippen LogP contribution is 2.26. The molecule has 0 aliphatic rings. The number of aryl methyl sites for hydroxylation is 1. The van der Waals surface area contributed by atoms with Gasteiger partial charge in [0.25, 0.3) is 5.91 Å². The van der Waals surface area contributed by atoms with Crippen molar-refractivity contribution in [3.05, 3.63) is 41.7 Å². The smallest absolute Gasteiger partial charge is 0.250 e. The van der Waals surface area contributed by atoms with E-state index >= 15 is 0 Å². The standard InChI is InChI=1S/C13H17N5O/c1-17(7-9-6-16-18(2)8-9)11-5-3-4-10(12(11)14)13(15)19/h3-6,8H,7,14H2,1-2H3,(H2,15,19). The van der Waals surface area contributed by atoms with Gasteiger partial charge in [-0.05, 0) is 12.1 Å². The molecule has 4 N–H and O–H groups in total. The fourth-order valence-electron chi connectivity index (χ4n) is 2.01. The van der Waals surface area contributed by atoms with E-state index in [-0.39, 0.29) is 0 Å². The SMILES string of the molecule is CN(Cc1cnn(C)c1)c1cccc(C(N)=O)c1N. The first-order valence-corrected chi connectivity index (χ1v) is 5.86. The van der Waals surface area contributed by atoms with Gasteiger partial charge in [0.05, 0.1) is 23.1 Å². The zero-order valence-corrected chi connectivity index (χ0v) is 11.0. The van der Waals surface area contributed by atoms with Crippen LogP contribution in [-0.4, -0.2) is 22.7 Å². The molecule has 19 heavy (non-hydrogen) atoms. The lowest BCUT2D eigenvalue weighted by molar-refractivity contribution is 0.100. The number of aromatic nitrogens is 2. The van der Waals surface area contributed by atoms with Gasteiger partial charge < -0.3 is 16.4 Å². The molecule has 0 aliphatic carbocycles. The maximum Gasteiger partial charge on any atom is 0.250 e. The summed E-state index contributed by atoms with van der Waals surface area (Å²) in [6.45, 7) is 0.653. The number of carbonyl (C=O) groups is 1. The van der Waals surface area contributed by atoms with E-state index in [0.29, 0.717) is 17.8 Å². The van der Waals surface area contributed by atoms with Crippen LogP contribution in [0.15, 0.2) is 30.6 Å². The highest BCUT2D eigenvalue weighted by atomic mass is 16.1. The highest BCUT2D eigenvalue weighted by molar-refractivity contribution is 6.00. The average Bonchev–Trinajstić information content (AvgIpc) is 2.74. The Morgan fingerprint density at radius 1 is 1.47 bits per heavy atom. The molecule has 0 fully saturated rings. The number of benzene rings is 1. The second-order valence-electron chi connectivity index (χ2n) is 4.48. The van der Waals surface area contributed by atoms with E-state index in [1.807, 2.05) is 31.3 Å². The van der Waals surface area contributed by atoms with Gasteiger partial charge in [-0.15, -0.1) is 0 Å². The van der Waals surface area contributed by atoms with E-state index in [0.717, 1.165) is 11.3 Å². The van der Waals surface area contributed by atoms with Gasteiger partial charge in [-0.25, -0.2) is 0 Å². The van der Waals surface area contributed by atoms with Gasteiger partial charge in [0, 0.05) is 32.4 Å². The topological polar surface area (TPSA) is 90.2 Å². The first kappa shape index (κ1) is 12.9. The Bertz CT molecular complexity index is 605. The van der Waals surface area contributed by atoms with Crippen molar-refractivity contribution in [2.24, 2.45) is 12.8 Å². The summed E-state index contributed by atoms with van der Waals surface area (Å²) in [5.74, 6) is -0.519. The molecule has 6 nitrogen and oxygen atoms in total. The number of nitrogens with two attached hydrogens (primary N) is 2. The summed E-state index contributed by atoms with van der Waals surface area (Å²) >= 11 is 0. The lowest BCUT2D eigenvalue weighted by atomic mass is 10.1. The Hall–Kier alpha value is -2.50. The molecule has 1 amide bonds. The monoisotopic (exact) mass is 259 g/mol. The molecule has 0 bridgehead atoms. The summed E-state index contributed by atoms with van der Waals surface area (Å²) in [7, 11) is 3.77. The number of para-hydroxylation sites is 1. The highest BCUT2D eigenvalue weighted by Gasteiger charge is 2.13. The van der Waals surface area contributed by atoms with Gasteiger partial charge in [-0.2, -0.15) is 5.10 Å². The van der Waals surface area contributed by atoms with Gasteiger partial charge in [-0.1, -0.05) is 6.07 Å². The van der Waals surface area contributed by atoms with Gasteiger partial charge in [-0.3, -0.25) is 9.48 Å². The molecular formula is C13H17N5O. The molecule has 0 aliphatic heterocycles. The van der Waals surface area contributed by atoms with Crippen LogP contribution in [0.2, 0.25) is 0 Å². The van der Waals surface area contributed by atoms with Crippen molar-refractivity contribution in [3.8, 4) is 0 Å². The summed E-state index contributed by atoms with van der Waals surface area (Å²) < 4.78 is 1.74. The Morgan fingerprint density at radius 2 is 2.21 bits per heavy atom. The lowest BCUT2D eigenvalue weighted by Crippen LogP contribution is -2.20. The van der Waals surface area contributed by atoms with Crippen molar-refractivity contribution < 1.29 is 4.79 Å². The van der Waals surface area contributed by atoms with E-state index in [1.54, 1.807) is 23.0 Å². The summed E-state index contributed by atoms with van der Waals surface area (Å²) in [5, 5.41) is 4.12. The van der Waals surface area contributed by atoms with Crippen LogP contribution < -0.4 is 16.4 Å². The zero-order chi connectivity index (χ0) is 14.0. The van der Waals surface area contributed by atoms with E-state index in [9.17, 15) is 4.79 Å². The van der Waals surface area contributed by atoms with Crippen molar-refractivity contribution in [1.29, 1.82) is 0 Å². The Morgan fingerprint density at radius 3 is 2.79 bits per heavy atom. The van der Waals surface area contributed by atoms with E-state index < -0.39 is 5.91 Å². The maximum atomic E-state index is 11.3. The second-order valence-corrected chi connectivity index (χ2v) is 4.48. The summed E-state index contributed by atoms with van der Waals surface area (Å²) in [5.41, 5.74) is 13.9. The third-order valence-corrected chi connectivity index (χ3v) is 2.94. The molecule has 0 spiro atoms. The normalized spacial score (nSPS) is 10.4. The van der Waals surface area contributed by atoms with Crippen LogP contribution in [0.3, 0.4) is 0 Å². The number of rotatable bonds is 4. The van der Waals surface area contributed by atoms with E-state index in [1.165, 1.54) is 0 Å². The fourth-order valence-corrected chi connectivity index (χ4v) is 2.01. The number of amides is 1. The molecule has 1 aromatic heterocycles. The number of anilines is 2. The number of hydrogen-bond acceptors (Lipinski definition) is 4. The van der Waals surface area contributed by atoms with Crippen molar-refractivity contribution in [2.45, 2.75) is 6.54 Å². The predicted molar refractivity (Wildman–Crippen MR) is 74.7 cm³/mol. The minimum absolute atomic E-state index is 0.343. The van der Waals surface area contributed by atoms with Crippen LogP contribution in [0.5, 0.6) is 0 Å². The molecule has 2 aromatic rings. The number of nitrogen functional groups attached to an aromatic ring is 1. The van der Waals surface area contributed by atoms with E-state index in [4.69, 9.17) is 11.5 Å². The molecule has 0 radical (unpaired) electrons. The Labute approximate surface area is 111 Å². The second kappa shape index (κ2) is 5.01. The molecule has 2 rings (SSSR count). The average molecular weight is 259 g/mol. The van der Waals surface area contributed by atoms with Crippen LogP contribution >= 0.6 is 0 Å². The Kier molecular flexibility index (Phi) is 3.41. The van der Waals surface area contributed by atoms with E-state index in [2.05, 4.69) is 5.10 Å². The third kappa shape index (κ3) is 2.67. The summed E-state index contributed by atoms with van der Waals surface area (Å²) in [6.07, 6.45) is 3.73. The number of carbonyl (C=O) groups excluding carboxylic acids is 1. The molecule has 1 heterocycles. The fraction of sp³-hybridized carbons (Fsp3) is 0.231. The van der Waals surface area contributed by atoms with Gasteiger partial charge >= 0.3 is 0 Å². The molecule has 0 saturated heterocycles. The van der Waals surface area contributed by atoms with Crippen LogP contribution in [0.4, 0.5) is 11.4 Å². The van der Waals surface area contributed by atoms with Crippen LogP contribution in [0.25, 0.3) is 0 Å². The molecular weight excluding hydrogens is 242 g/mol. The molecule has 0 unspecified atom stereocenters. The van der Waals surface area contributed by atoms with Crippen LogP contribution in [0, 0.1) is 0 Å². The molecule has 1 aromatic carbocycles. The third-order valence-electron chi connectivity index (χ3n) is 2.94. The Balaban J connectivity index is 2.26. The van der Waals surface area contributed by atoms with Crippen molar-refractivity contribution in [1.82, 2.24) is 9.78 Å². The number of primary amides is 1. The largest absolute Gasteiger partial charge is 0.396 e. The molecule has 0 atom stereocenters. The predicted octanol–water partition coefficient (Wildman–Crippen LogP) is 0.738. The first-order chi connectivity index (χ1) is 8.99. The summed E-state index contributed by atoms with van der Waals surface area (Å²) in [6, 6.07) is 5.25. The molecule has 6 heteroatoms. The minimum atomic E-state index is -0.519. The quantitative estimate of drug-likeness (QED) is 0.792. The minimum Gasteiger partial charge on any atom is -0.396 e. The lowest BCUT2D eigenvalue weighted by Gasteiger charge is -2.21. The first-order valence-electron chi connectivity index (χ1n) is 5.86. The molecule has 100 valence electrons. The van der Waals surface area contributed by atoms with Gasteiger partial charge in [0.1, 0.15) is 0 Å². The van der Waals surface area contributed by atoms with Gasteiger partial charge in [0.15, 0.2) is 0 Å². The molecule has 0 saturated carbocycles. The van der Waals surface area contributed by atoms with Crippen molar-refractivity contribution >= 4 is 17.3 Å². The van der Waals surface area contributed by atoms with Crippen molar-refractivity contribution in [3.63, 3.8) is 0 Å². The van der Waals surface area contributed by atoms with Crippen molar-refractivity contribution in [2.75, 3.05) is 17.7 Å². The maximum absolute atomic E-state index is 11.3. The number of hydrogen-bond donors (Lipinski definition) is 2. The number of nitrogens with zero attached hydrogens (tertiary/aromatic N) is 3. The summed E-state index contributed by atoms with van der Waals surface area (Å²) in [4.78, 5) is 13.2.